The first-order valence-corrected chi connectivity index (χ1v) is 4.52. The van der Waals surface area contributed by atoms with Gasteiger partial charge in [0.25, 0.3) is 0 Å². The Labute approximate surface area is 74.9 Å². The van der Waals surface area contributed by atoms with E-state index in [4.69, 9.17) is 0 Å². The van der Waals surface area contributed by atoms with Crippen LogP contribution in [0.4, 0.5) is 0 Å². The average Bonchev–Trinajstić information content (AvgIpc) is 2.27. The van der Waals surface area contributed by atoms with Crippen LogP contribution in [0.1, 0.15) is 19.8 Å². The van der Waals surface area contributed by atoms with Crippen LogP contribution in [0.25, 0.3) is 0 Å². The topological polar surface area (TPSA) is 12.0 Å². The van der Waals surface area contributed by atoms with Crippen molar-refractivity contribution in [3.8, 4) is 0 Å². The summed E-state index contributed by atoms with van der Waals surface area (Å²) in [6, 6.07) is 0. The standard InChI is InChI=1S/C11H17N/c1-10-6-4-3-5-7-11(10)8-9-12-2/h4-7,12H,3,8-9H2,1-2H3. The van der Waals surface area contributed by atoms with Crippen molar-refractivity contribution in [2.75, 3.05) is 13.6 Å². The molecule has 1 aliphatic rings. The molecule has 0 unspecified atom stereocenters. The van der Waals surface area contributed by atoms with Crippen molar-refractivity contribution in [1.82, 2.24) is 5.32 Å². The van der Waals surface area contributed by atoms with Crippen molar-refractivity contribution in [1.29, 1.82) is 0 Å². The highest BCUT2D eigenvalue weighted by Crippen LogP contribution is 2.14. The SMILES string of the molecule is CNCCC1=C(C)C=CCC=C1. The van der Waals surface area contributed by atoms with Gasteiger partial charge in [0.1, 0.15) is 0 Å². The van der Waals surface area contributed by atoms with Gasteiger partial charge in [-0.25, -0.2) is 0 Å². The third-order valence-electron chi connectivity index (χ3n) is 2.11. The lowest BCUT2D eigenvalue weighted by molar-refractivity contribution is 0.791. The van der Waals surface area contributed by atoms with Gasteiger partial charge in [-0.05, 0) is 44.5 Å². The summed E-state index contributed by atoms with van der Waals surface area (Å²) < 4.78 is 0. The van der Waals surface area contributed by atoms with Gasteiger partial charge in [-0.3, -0.25) is 0 Å². The van der Waals surface area contributed by atoms with E-state index < -0.39 is 0 Å². The third-order valence-corrected chi connectivity index (χ3v) is 2.11. The minimum absolute atomic E-state index is 1.06. The van der Waals surface area contributed by atoms with Gasteiger partial charge in [-0.2, -0.15) is 0 Å². The second-order valence-corrected chi connectivity index (χ2v) is 3.10. The van der Waals surface area contributed by atoms with E-state index in [1.807, 2.05) is 7.05 Å². The molecule has 0 spiro atoms. The fourth-order valence-corrected chi connectivity index (χ4v) is 1.31. The van der Waals surface area contributed by atoms with Gasteiger partial charge in [0.05, 0.1) is 0 Å². The predicted molar refractivity (Wildman–Crippen MR) is 54.1 cm³/mol. The molecule has 0 bridgehead atoms. The van der Waals surface area contributed by atoms with Gasteiger partial charge < -0.3 is 5.32 Å². The molecule has 0 radical (unpaired) electrons. The van der Waals surface area contributed by atoms with Crippen LogP contribution in [0.3, 0.4) is 0 Å². The fourth-order valence-electron chi connectivity index (χ4n) is 1.31. The Kier molecular flexibility index (Phi) is 3.81. The zero-order valence-electron chi connectivity index (χ0n) is 7.93. The molecule has 0 heterocycles. The van der Waals surface area contributed by atoms with Gasteiger partial charge in [0, 0.05) is 0 Å². The van der Waals surface area contributed by atoms with E-state index in [-0.39, 0.29) is 0 Å². The lowest BCUT2D eigenvalue weighted by Crippen LogP contribution is -2.08. The molecule has 66 valence electrons. The molecule has 0 amide bonds. The van der Waals surface area contributed by atoms with Crippen LogP contribution in [0.15, 0.2) is 35.5 Å². The molecule has 0 saturated carbocycles. The van der Waals surface area contributed by atoms with Crippen LogP contribution < -0.4 is 5.32 Å². The van der Waals surface area contributed by atoms with Crippen LogP contribution in [0, 0.1) is 0 Å². The van der Waals surface area contributed by atoms with Crippen molar-refractivity contribution in [2.45, 2.75) is 19.8 Å². The molecule has 1 rings (SSSR count). The molecule has 0 aromatic heterocycles. The van der Waals surface area contributed by atoms with E-state index in [0.717, 1.165) is 19.4 Å². The molecule has 1 heteroatoms. The minimum atomic E-state index is 1.06. The van der Waals surface area contributed by atoms with Crippen LogP contribution in [-0.4, -0.2) is 13.6 Å². The molecule has 1 aliphatic carbocycles. The summed E-state index contributed by atoms with van der Waals surface area (Å²) >= 11 is 0. The van der Waals surface area contributed by atoms with E-state index >= 15 is 0 Å². The maximum Gasteiger partial charge on any atom is -0.00113 e. The normalized spacial score (nSPS) is 16.8. The summed E-state index contributed by atoms with van der Waals surface area (Å²) in [5.74, 6) is 0. The lowest BCUT2D eigenvalue weighted by Gasteiger charge is -2.03. The van der Waals surface area contributed by atoms with E-state index in [0.29, 0.717) is 0 Å². The molecule has 0 aromatic rings. The molecular weight excluding hydrogens is 146 g/mol. The van der Waals surface area contributed by atoms with Crippen LogP contribution >= 0.6 is 0 Å². The van der Waals surface area contributed by atoms with Gasteiger partial charge in [-0.1, -0.05) is 24.3 Å². The van der Waals surface area contributed by atoms with Crippen LogP contribution in [-0.2, 0) is 0 Å². The molecule has 1 N–H and O–H groups in total. The zero-order valence-corrected chi connectivity index (χ0v) is 7.93. The monoisotopic (exact) mass is 163 g/mol. The summed E-state index contributed by atoms with van der Waals surface area (Å²) in [4.78, 5) is 0. The molecule has 0 saturated heterocycles. The van der Waals surface area contributed by atoms with Crippen molar-refractivity contribution in [3.63, 3.8) is 0 Å². The molecule has 0 aliphatic heterocycles. The first-order valence-electron chi connectivity index (χ1n) is 4.52. The molecule has 0 atom stereocenters. The highest BCUT2D eigenvalue weighted by molar-refractivity contribution is 5.34. The first kappa shape index (κ1) is 9.27. The Hall–Kier alpha value is -0.820. The summed E-state index contributed by atoms with van der Waals surface area (Å²) in [7, 11) is 1.99. The maximum atomic E-state index is 3.16. The van der Waals surface area contributed by atoms with Crippen molar-refractivity contribution in [3.05, 3.63) is 35.5 Å². The van der Waals surface area contributed by atoms with E-state index in [1.54, 1.807) is 0 Å². The van der Waals surface area contributed by atoms with E-state index in [2.05, 4.69) is 36.5 Å². The van der Waals surface area contributed by atoms with Gasteiger partial charge in [0.15, 0.2) is 0 Å². The summed E-state index contributed by atoms with van der Waals surface area (Å²) in [6.07, 6.45) is 11.1. The summed E-state index contributed by atoms with van der Waals surface area (Å²) in [5, 5.41) is 3.16. The molecule has 0 aromatic carbocycles. The Balaban J connectivity index is 2.63. The predicted octanol–water partition coefficient (Wildman–Crippen LogP) is 2.43. The Morgan fingerprint density at radius 2 is 2.08 bits per heavy atom. The van der Waals surface area contributed by atoms with Gasteiger partial charge in [-0.15, -0.1) is 0 Å². The fraction of sp³-hybridized carbons (Fsp3) is 0.455. The highest BCUT2D eigenvalue weighted by Gasteiger charge is 1.97. The van der Waals surface area contributed by atoms with E-state index in [9.17, 15) is 0 Å². The minimum Gasteiger partial charge on any atom is -0.319 e. The lowest BCUT2D eigenvalue weighted by atomic mass is 10.1. The Morgan fingerprint density at radius 3 is 2.83 bits per heavy atom. The van der Waals surface area contributed by atoms with Gasteiger partial charge in [0.2, 0.25) is 0 Å². The highest BCUT2D eigenvalue weighted by atomic mass is 14.8. The average molecular weight is 163 g/mol. The summed E-state index contributed by atoms with van der Waals surface area (Å²) in [6.45, 7) is 3.24. The van der Waals surface area contributed by atoms with Crippen molar-refractivity contribution >= 4 is 0 Å². The first-order chi connectivity index (χ1) is 5.84. The number of hydrogen-bond acceptors (Lipinski definition) is 1. The third kappa shape index (κ3) is 2.67. The Bertz CT molecular complexity index is 221. The Morgan fingerprint density at radius 1 is 1.33 bits per heavy atom. The molecule has 12 heavy (non-hydrogen) atoms. The number of rotatable bonds is 3. The van der Waals surface area contributed by atoms with Crippen molar-refractivity contribution < 1.29 is 0 Å². The van der Waals surface area contributed by atoms with E-state index in [1.165, 1.54) is 11.1 Å². The second-order valence-electron chi connectivity index (χ2n) is 3.10. The zero-order chi connectivity index (χ0) is 8.81. The van der Waals surface area contributed by atoms with Crippen LogP contribution in [0.5, 0.6) is 0 Å². The smallest absolute Gasteiger partial charge is 0.00113 e. The molecule has 0 fully saturated rings. The number of allylic oxidation sites excluding steroid dienone is 5. The summed E-state index contributed by atoms with van der Waals surface area (Å²) in [5.41, 5.74) is 2.86. The second kappa shape index (κ2) is 4.94. The largest absolute Gasteiger partial charge is 0.319 e. The van der Waals surface area contributed by atoms with Crippen LogP contribution in [0.2, 0.25) is 0 Å². The maximum absolute atomic E-state index is 3.16. The van der Waals surface area contributed by atoms with Crippen molar-refractivity contribution in [2.24, 2.45) is 0 Å². The number of nitrogens with one attached hydrogen (secondary N) is 1. The molecule has 1 nitrogen and oxygen atoms in total. The van der Waals surface area contributed by atoms with Gasteiger partial charge >= 0.3 is 0 Å². The quantitative estimate of drug-likeness (QED) is 0.673. The molecular formula is C11H17N. The number of hydrogen-bond donors (Lipinski definition) is 1.